The van der Waals surface area contributed by atoms with E-state index in [4.69, 9.17) is 34.7 Å². The van der Waals surface area contributed by atoms with Crippen LogP contribution in [0.4, 0.5) is 5.69 Å². The lowest BCUT2D eigenvalue weighted by Gasteiger charge is -2.07. The molecule has 0 atom stereocenters. The van der Waals surface area contributed by atoms with Crippen molar-refractivity contribution in [2.24, 2.45) is 10.7 Å². The molecule has 19 heavy (non-hydrogen) atoms. The molecule has 0 unspecified atom stereocenters. The molecule has 0 aliphatic heterocycles. The van der Waals surface area contributed by atoms with Crippen molar-refractivity contribution in [3.05, 3.63) is 63.6 Å². The van der Waals surface area contributed by atoms with Gasteiger partial charge in [-0.3, -0.25) is 4.99 Å². The van der Waals surface area contributed by atoms with Crippen LogP contribution >= 0.6 is 23.2 Å². The number of aliphatic imine (C=N–C) groups is 1. The topological polar surface area (TPSA) is 64.4 Å². The van der Waals surface area contributed by atoms with Gasteiger partial charge in [0.2, 0.25) is 0 Å². The van der Waals surface area contributed by atoms with Crippen molar-refractivity contribution >= 4 is 34.7 Å². The van der Waals surface area contributed by atoms with Crippen LogP contribution in [-0.2, 0) is 6.54 Å². The van der Waals surface area contributed by atoms with E-state index in [-0.39, 0.29) is 0 Å². The second-order valence-corrected chi connectivity index (χ2v) is 4.80. The fraction of sp³-hybridized carbons (Fsp3) is 0.0714. The Morgan fingerprint density at radius 2 is 1.63 bits per heavy atom. The van der Waals surface area contributed by atoms with E-state index in [0.717, 1.165) is 5.56 Å². The Morgan fingerprint density at radius 1 is 1.00 bits per heavy atom. The highest BCUT2D eigenvalue weighted by atomic mass is 35.5. The van der Waals surface area contributed by atoms with Gasteiger partial charge in [0.15, 0.2) is 0 Å². The van der Waals surface area contributed by atoms with Gasteiger partial charge in [0.25, 0.3) is 0 Å². The van der Waals surface area contributed by atoms with Gasteiger partial charge in [-0.15, -0.1) is 0 Å². The third-order valence-electron chi connectivity index (χ3n) is 2.71. The van der Waals surface area contributed by atoms with Crippen LogP contribution in [0.2, 0.25) is 10.0 Å². The van der Waals surface area contributed by atoms with Crippen LogP contribution in [0.25, 0.3) is 0 Å². The summed E-state index contributed by atoms with van der Waals surface area (Å²) < 4.78 is 0. The molecule has 0 radical (unpaired) electrons. The summed E-state index contributed by atoms with van der Waals surface area (Å²) in [6.07, 6.45) is 0. The predicted molar refractivity (Wildman–Crippen MR) is 81.7 cm³/mol. The number of nitrogens with two attached hydrogens (primary N) is 2. The molecule has 0 saturated heterocycles. The second-order valence-electron chi connectivity index (χ2n) is 3.99. The van der Waals surface area contributed by atoms with Crippen molar-refractivity contribution in [3.63, 3.8) is 0 Å². The van der Waals surface area contributed by atoms with Gasteiger partial charge in [-0.05, 0) is 24.3 Å². The lowest BCUT2D eigenvalue weighted by atomic mass is 10.1. The fourth-order valence-electron chi connectivity index (χ4n) is 1.66. The monoisotopic (exact) mass is 293 g/mol. The standard InChI is InChI=1S/C14H13Cl2N3/c15-11-5-3-6-12(16)10(11)8-19-14(18)9-4-1-2-7-13(9)17/h1-7H,8,17H2,(H2,18,19). The fourth-order valence-corrected chi connectivity index (χ4v) is 2.18. The number of hydrogen-bond donors (Lipinski definition) is 2. The van der Waals surface area contributed by atoms with Crippen molar-refractivity contribution in [2.45, 2.75) is 6.54 Å². The van der Waals surface area contributed by atoms with Gasteiger partial charge in [0.05, 0.1) is 6.54 Å². The van der Waals surface area contributed by atoms with E-state index in [0.29, 0.717) is 33.7 Å². The molecule has 98 valence electrons. The third kappa shape index (κ3) is 3.19. The number of anilines is 1. The van der Waals surface area contributed by atoms with Gasteiger partial charge in [-0.25, -0.2) is 0 Å². The summed E-state index contributed by atoms with van der Waals surface area (Å²) in [4.78, 5) is 4.29. The maximum absolute atomic E-state index is 6.07. The van der Waals surface area contributed by atoms with E-state index < -0.39 is 0 Å². The first-order chi connectivity index (χ1) is 9.09. The quantitative estimate of drug-likeness (QED) is 0.517. The Balaban J connectivity index is 2.26. The summed E-state index contributed by atoms with van der Waals surface area (Å²) in [5, 5.41) is 1.15. The van der Waals surface area contributed by atoms with E-state index in [2.05, 4.69) is 4.99 Å². The molecule has 0 heterocycles. The number of para-hydroxylation sites is 1. The summed E-state index contributed by atoms with van der Waals surface area (Å²) in [7, 11) is 0. The summed E-state index contributed by atoms with van der Waals surface area (Å²) in [6.45, 7) is 0.318. The molecule has 0 aliphatic carbocycles. The molecule has 0 aliphatic rings. The van der Waals surface area contributed by atoms with Crippen LogP contribution in [0.1, 0.15) is 11.1 Å². The third-order valence-corrected chi connectivity index (χ3v) is 3.41. The molecular formula is C14H13Cl2N3. The normalized spacial score (nSPS) is 11.6. The zero-order valence-corrected chi connectivity index (χ0v) is 11.6. The highest BCUT2D eigenvalue weighted by molar-refractivity contribution is 6.36. The first-order valence-electron chi connectivity index (χ1n) is 5.67. The van der Waals surface area contributed by atoms with E-state index in [1.807, 2.05) is 18.2 Å². The molecule has 0 fully saturated rings. The highest BCUT2D eigenvalue weighted by Crippen LogP contribution is 2.25. The van der Waals surface area contributed by atoms with Crippen LogP contribution in [0, 0.1) is 0 Å². The first kappa shape index (κ1) is 13.7. The van der Waals surface area contributed by atoms with E-state index >= 15 is 0 Å². The molecule has 2 aromatic rings. The molecule has 5 heteroatoms. The molecule has 2 rings (SSSR count). The van der Waals surface area contributed by atoms with Crippen LogP contribution in [0.15, 0.2) is 47.5 Å². The smallest absolute Gasteiger partial charge is 0.128 e. The second kappa shape index (κ2) is 5.95. The Bertz CT molecular complexity index is 604. The number of nitrogen functional groups attached to an aromatic ring is 1. The molecule has 2 aromatic carbocycles. The van der Waals surface area contributed by atoms with Crippen molar-refractivity contribution in [2.75, 3.05) is 5.73 Å². The number of amidine groups is 1. The maximum Gasteiger partial charge on any atom is 0.128 e. The Morgan fingerprint density at radius 3 is 2.26 bits per heavy atom. The summed E-state index contributed by atoms with van der Waals surface area (Å²) in [5.74, 6) is 0.370. The molecule has 0 amide bonds. The van der Waals surface area contributed by atoms with Crippen molar-refractivity contribution in [1.82, 2.24) is 0 Å². The Kier molecular flexibility index (Phi) is 4.30. The van der Waals surface area contributed by atoms with Crippen molar-refractivity contribution in [1.29, 1.82) is 0 Å². The average Bonchev–Trinajstić information content (AvgIpc) is 2.38. The first-order valence-corrected chi connectivity index (χ1v) is 6.43. The van der Waals surface area contributed by atoms with Gasteiger partial charge in [-0.2, -0.15) is 0 Å². The zero-order valence-electron chi connectivity index (χ0n) is 10.1. The SMILES string of the molecule is NC(=NCc1c(Cl)cccc1Cl)c1ccccc1N. The molecule has 3 nitrogen and oxygen atoms in total. The minimum Gasteiger partial charge on any atom is -0.398 e. The molecule has 4 N–H and O–H groups in total. The summed E-state index contributed by atoms with van der Waals surface area (Å²) in [5.41, 5.74) is 13.8. The van der Waals surface area contributed by atoms with Gasteiger partial charge in [-0.1, -0.05) is 41.4 Å². The minimum atomic E-state index is 0.318. The number of nitrogens with zero attached hydrogens (tertiary/aromatic N) is 1. The maximum atomic E-state index is 6.07. The Labute approximate surface area is 121 Å². The zero-order chi connectivity index (χ0) is 13.8. The lowest BCUT2D eigenvalue weighted by Crippen LogP contribution is -2.15. The number of rotatable bonds is 3. The van der Waals surface area contributed by atoms with E-state index in [1.165, 1.54) is 0 Å². The molecule has 0 saturated carbocycles. The summed E-state index contributed by atoms with van der Waals surface area (Å²) in [6, 6.07) is 12.6. The summed E-state index contributed by atoms with van der Waals surface area (Å²) >= 11 is 12.1. The molecular weight excluding hydrogens is 281 g/mol. The average molecular weight is 294 g/mol. The van der Waals surface area contributed by atoms with Crippen molar-refractivity contribution in [3.8, 4) is 0 Å². The van der Waals surface area contributed by atoms with Crippen LogP contribution in [-0.4, -0.2) is 5.84 Å². The molecule has 0 aromatic heterocycles. The van der Waals surface area contributed by atoms with Crippen molar-refractivity contribution < 1.29 is 0 Å². The van der Waals surface area contributed by atoms with Gasteiger partial charge in [0, 0.05) is 26.9 Å². The number of benzene rings is 2. The van der Waals surface area contributed by atoms with E-state index in [1.54, 1.807) is 24.3 Å². The molecule has 0 spiro atoms. The van der Waals surface area contributed by atoms with Crippen LogP contribution in [0.5, 0.6) is 0 Å². The Hall–Kier alpha value is -1.71. The largest absolute Gasteiger partial charge is 0.398 e. The van der Waals surface area contributed by atoms with Gasteiger partial charge in [0.1, 0.15) is 5.84 Å². The van der Waals surface area contributed by atoms with Crippen LogP contribution < -0.4 is 11.5 Å². The number of hydrogen-bond acceptors (Lipinski definition) is 2. The molecule has 0 bridgehead atoms. The minimum absolute atomic E-state index is 0.318. The van der Waals surface area contributed by atoms with Gasteiger partial charge >= 0.3 is 0 Å². The van der Waals surface area contributed by atoms with Crippen LogP contribution in [0.3, 0.4) is 0 Å². The highest BCUT2D eigenvalue weighted by Gasteiger charge is 2.06. The predicted octanol–water partition coefficient (Wildman–Crippen LogP) is 3.48. The van der Waals surface area contributed by atoms with E-state index in [9.17, 15) is 0 Å². The number of halogens is 2. The van der Waals surface area contributed by atoms with Gasteiger partial charge < -0.3 is 11.5 Å². The lowest BCUT2D eigenvalue weighted by molar-refractivity contribution is 1.06.